The highest BCUT2D eigenvalue weighted by molar-refractivity contribution is 7.08. The Balaban J connectivity index is 2.28. The molecular formula is C15H16OS. The van der Waals surface area contributed by atoms with Crippen molar-refractivity contribution >= 4 is 17.1 Å². The van der Waals surface area contributed by atoms with Crippen LogP contribution in [0.15, 0.2) is 41.1 Å². The molecule has 0 aliphatic rings. The Morgan fingerprint density at radius 3 is 2.12 bits per heavy atom. The van der Waals surface area contributed by atoms with E-state index in [-0.39, 0.29) is 11.2 Å². The molecule has 88 valence electrons. The molecule has 2 rings (SSSR count). The van der Waals surface area contributed by atoms with Crippen molar-refractivity contribution in [1.29, 1.82) is 0 Å². The largest absolute Gasteiger partial charge is 0.294 e. The van der Waals surface area contributed by atoms with E-state index in [0.29, 0.717) is 0 Å². The van der Waals surface area contributed by atoms with Crippen molar-refractivity contribution in [3.63, 3.8) is 0 Å². The van der Waals surface area contributed by atoms with Gasteiger partial charge < -0.3 is 0 Å². The summed E-state index contributed by atoms with van der Waals surface area (Å²) in [6.07, 6.45) is 0. The molecule has 2 heteroatoms. The Bertz CT molecular complexity index is 501. The topological polar surface area (TPSA) is 17.1 Å². The zero-order chi connectivity index (χ0) is 12.5. The zero-order valence-electron chi connectivity index (χ0n) is 10.4. The number of Topliss-reactive ketones (excluding diaryl/α,β-unsaturated/α-hetero) is 1. The molecule has 0 saturated carbocycles. The van der Waals surface area contributed by atoms with Crippen molar-refractivity contribution in [2.45, 2.75) is 20.8 Å². The third-order valence-corrected chi connectivity index (χ3v) is 3.37. The third-order valence-electron chi connectivity index (χ3n) is 2.68. The molecule has 1 nitrogen and oxygen atoms in total. The van der Waals surface area contributed by atoms with Gasteiger partial charge in [-0.3, -0.25) is 4.79 Å². The fourth-order valence-electron chi connectivity index (χ4n) is 1.68. The van der Waals surface area contributed by atoms with E-state index >= 15 is 0 Å². The van der Waals surface area contributed by atoms with Crippen LogP contribution in [0.3, 0.4) is 0 Å². The molecule has 0 amide bonds. The average molecular weight is 244 g/mol. The van der Waals surface area contributed by atoms with E-state index in [2.05, 4.69) is 16.8 Å². The van der Waals surface area contributed by atoms with Crippen LogP contribution >= 0.6 is 11.3 Å². The van der Waals surface area contributed by atoms with E-state index < -0.39 is 0 Å². The first-order valence-corrected chi connectivity index (χ1v) is 6.60. The van der Waals surface area contributed by atoms with E-state index in [1.807, 2.05) is 45.0 Å². The highest BCUT2D eigenvalue weighted by Gasteiger charge is 2.22. The van der Waals surface area contributed by atoms with Gasteiger partial charge in [-0.25, -0.2) is 0 Å². The minimum absolute atomic E-state index is 0.189. The predicted octanol–water partition coefficient (Wildman–Crippen LogP) is 4.64. The SMILES string of the molecule is CC(C)(C)C(=O)c1ccc(-c2ccsc2)cc1. The average Bonchev–Trinajstić information content (AvgIpc) is 2.80. The van der Waals surface area contributed by atoms with Gasteiger partial charge in [0, 0.05) is 11.0 Å². The summed E-state index contributed by atoms with van der Waals surface area (Å²) in [5.41, 5.74) is 2.85. The standard InChI is InChI=1S/C15H16OS/c1-15(2,3)14(16)12-6-4-11(5-7-12)13-8-9-17-10-13/h4-10H,1-3H3. The first-order chi connectivity index (χ1) is 7.98. The Morgan fingerprint density at radius 2 is 1.65 bits per heavy atom. The van der Waals surface area contributed by atoms with Crippen molar-refractivity contribution in [1.82, 2.24) is 0 Å². The quantitative estimate of drug-likeness (QED) is 0.703. The zero-order valence-corrected chi connectivity index (χ0v) is 11.2. The van der Waals surface area contributed by atoms with Gasteiger partial charge >= 0.3 is 0 Å². The minimum Gasteiger partial charge on any atom is -0.294 e. The van der Waals surface area contributed by atoms with Crippen LogP contribution < -0.4 is 0 Å². The van der Waals surface area contributed by atoms with Gasteiger partial charge in [0.15, 0.2) is 5.78 Å². The fraction of sp³-hybridized carbons (Fsp3) is 0.267. The van der Waals surface area contributed by atoms with Gasteiger partial charge in [-0.05, 0) is 28.0 Å². The summed E-state index contributed by atoms with van der Waals surface area (Å²) in [5, 5.41) is 4.17. The number of carbonyl (C=O) groups excluding carboxylic acids is 1. The van der Waals surface area contributed by atoms with Crippen LogP contribution in [0.1, 0.15) is 31.1 Å². The van der Waals surface area contributed by atoms with Gasteiger partial charge in [-0.2, -0.15) is 11.3 Å². The van der Waals surface area contributed by atoms with Crippen LogP contribution in [-0.4, -0.2) is 5.78 Å². The molecule has 1 heterocycles. The molecule has 0 atom stereocenters. The maximum Gasteiger partial charge on any atom is 0.168 e. The smallest absolute Gasteiger partial charge is 0.168 e. The van der Waals surface area contributed by atoms with Gasteiger partial charge in [0.2, 0.25) is 0 Å². The monoisotopic (exact) mass is 244 g/mol. The van der Waals surface area contributed by atoms with E-state index in [4.69, 9.17) is 0 Å². The first-order valence-electron chi connectivity index (χ1n) is 5.66. The lowest BCUT2D eigenvalue weighted by Gasteiger charge is -2.16. The maximum absolute atomic E-state index is 12.1. The summed E-state index contributed by atoms with van der Waals surface area (Å²) in [4.78, 5) is 12.1. The Hall–Kier alpha value is -1.41. The van der Waals surface area contributed by atoms with Crippen molar-refractivity contribution in [3.8, 4) is 11.1 Å². The van der Waals surface area contributed by atoms with Gasteiger partial charge in [0.05, 0.1) is 0 Å². The summed E-state index contributed by atoms with van der Waals surface area (Å²) in [7, 11) is 0. The normalized spacial score (nSPS) is 11.5. The molecular weight excluding hydrogens is 228 g/mol. The lowest BCUT2D eigenvalue weighted by Crippen LogP contribution is -2.19. The number of hydrogen-bond donors (Lipinski definition) is 0. The molecule has 0 saturated heterocycles. The fourth-order valence-corrected chi connectivity index (χ4v) is 2.34. The van der Waals surface area contributed by atoms with Crippen molar-refractivity contribution < 1.29 is 4.79 Å². The molecule has 0 unspecified atom stereocenters. The lowest BCUT2D eigenvalue weighted by molar-refractivity contribution is 0.0858. The molecule has 17 heavy (non-hydrogen) atoms. The van der Waals surface area contributed by atoms with Gasteiger partial charge in [0.25, 0.3) is 0 Å². The van der Waals surface area contributed by atoms with Gasteiger partial charge in [-0.15, -0.1) is 0 Å². The van der Waals surface area contributed by atoms with Crippen LogP contribution in [0.2, 0.25) is 0 Å². The summed E-state index contributed by atoms with van der Waals surface area (Å²) in [6.45, 7) is 5.84. The lowest BCUT2D eigenvalue weighted by atomic mass is 9.86. The van der Waals surface area contributed by atoms with Gasteiger partial charge in [0.1, 0.15) is 0 Å². The first kappa shape index (κ1) is 12.1. The Labute approximate surface area is 106 Å². The van der Waals surface area contributed by atoms with E-state index in [1.165, 1.54) is 5.56 Å². The van der Waals surface area contributed by atoms with Crippen molar-refractivity contribution in [2.24, 2.45) is 5.41 Å². The second-order valence-corrected chi connectivity index (χ2v) is 5.95. The second kappa shape index (κ2) is 4.46. The van der Waals surface area contributed by atoms with E-state index in [9.17, 15) is 4.79 Å². The molecule has 0 N–H and O–H groups in total. The highest BCUT2D eigenvalue weighted by Crippen LogP contribution is 2.25. The number of thiophene rings is 1. The molecule has 0 aliphatic carbocycles. The Kier molecular flexibility index (Phi) is 3.16. The number of rotatable bonds is 2. The van der Waals surface area contributed by atoms with Crippen molar-refractivity contribution in [3.05, 3.63) is 46.7 Å². The molecule has 0 aliphatic heterocycles. The minimum atomic E-state index is -0.316. The van der Waals surface area contributed by atoms with Gasteiger partial charge in [-0.1, -0.05) is 45.0 Å². The van der Waals surface area contributed by atoms with Crippen LogP contribution in [0.5, 0.6) is 0 Å². The molecule has 1 aromatic heterocycles. The Morgan fingerprint density at radius 1 is 1.00 bits per heavy atom. The molecule has 0 bridgehead atoms. The van der Waals surface area contributed by atoms with Crippen LogP contribution in [-0.2, 0) is 0 Å². The maximum atomic E-state index is 12.1. The molecule has 2 aromatic rings. The van der Waals surface area contributed by atoms with Crippen molar-refractivity contribution in [2.75, 3.05) is 0 Å². The number of ketones is 1. The molecule has 0 fully saturated rings. The van der Waals surface area contributed by atoms with Crippen LogP contribution in [0.25, 0.3) is 11.1 Å². The summed E-state index contributed by atoms with van der Waals surface area (Å²) in [6, 6.07) is 9.95. The number of benzene rings is 1. The van der Waals surface area contributed by atoms with Crippen LogP contribution in [0.4, 0.5) is 0 Å². The number of hydrogen-bond acceptors (Lipinski definition) is 2. The van der Waals surface area contributed by atoms with E-state index in [0.717, 1.165) is 11.1 Å². The highest BCUT2D eigenvalue weighted by atomic mass is 32.1. The summed E-state index contributed by atoms with van der Waals surface area (Å²) < 4.78 is 0. The van der Waals surface area contributed by atoms with E-state index in [1.54, 1.807) is 11.3 Å². The number of carbonyl (C=O) groups is 1. The molecule has 0 spiro atoms. The molecule has 0 radical (unpaired) electrons. The summed E-state index contributed by atoms with van der Waals surface area (Å²) >= 11 is 1.68. The second-order valence-electron chi connectivity index (χ2n) is 5.17. The molecule has 1 aromatic carbocycles. The summed E-state index contributed by atoms with van der Waals surface area (Å²) in [5.74, 6) is 0.189. The van der Waals surface area contributed by atoms with Crippen LogP contribution in [0, 0.1) is 5.41 Å². The predicted molar refractivity (Wildman–Crippen MR) is 73.5 cm³/mol. The third kappa shape index (κ3) is 2.64.